The third kappa shape index (κ3) is 9.53. The van der Waals surface area contributed by atoms with Gasteiger partial charge in [0, 0.05) is 0 Å². The Hall–Kier alpha value is -6.23. The fraction of sp³-hybridized carbons (Fsp3) is 0.0182. The Morgan fingerprint density at radius 2 is 0.500 bits per heavy atom. The van der Waals surface area contributed by atoms with E-state index in [4.69, 9.17) is 12.3 Å². The minimum atomic E-state index is -4.68. The maximum Gasteiger partial charge on any atom is 0.390 e. The SMILES string of the molecule is C.O=S(=O)([O-])c1ccc([Si]2(c3ccccc3)O[Si](c3ccccc3)(c3ccccc3)O[Si](c3ccccc3)(c3ccccc3)O2)cc1.c1ccc([S+](c2ccccc2)c2ccccc2)cc1. The van der Waals surface area contributed by atoms with Gasteiger partial charge in [-0.15, -0.1) is 0 Å². The zero-order chi connectivity index (χ0) is 44.6. The van der Waals surface area contributed by atoms with Crippen LogP contribution in [0.25, 0.3) is 0 Å². The average Bonchev–Trinajstić information content (AvgIpc) is 3.38. The number of rotatable bonds is 10. The Balaban J connectivity index is 0.000000247. The first kappa shape index (κ1) is 46.3. The van der Waals surface area contributed by atoms with Crippen LogP contribution < -0.4 is 31.1 Å². The topological polar surface area (TPSA) is 84.9 Å². The third-order valence-electron chi connectivity index (χ3n) is 11.1. The van der Waals surface area contributed by atoms with Gasteiger partial charge >= 0.3 is 25.7 Å². The molecule has 0 N–H and O–H groups in total. The summed E-state index contributed by atoms with van der Waals surface area (Å²) in [4.78, 5) is 3.77. The summed E-state index contributed by atoms with van der Waals surface area (Å²) in [5, 5.41) is 5.17. The summed E-state index contributed by atoms with van der Waals surface area (Å²) in [5.74, 6) is 0. The molecule has 328 valence electrons. The van der Waals surface area contributed by atoms with Crippen molar-refractivity contribution in [3.8, 4) is 0 Å². The van der Waals surface area contributed by atoms with Crippen molar-refractivity contribution in [2.24, 2.45) is 0 Å². The van der Waals surface area contributed by atoms with Crippen molar-refractivity contribution in [3.63, 3.8) is 0 Å². The second kappa shape index (κ2) is 20.5. The molecule has 0 spiro atoms. The van der Waals surface area contributed by atoms with Crippen molar-refractivity contribution < 1.29 is 25.3 Å². The molecule has 11 heteroatoms. The highest BCUT2D eigenvalue weighted by atomic mass is 32.2. The lowest BCUT2D eigenvalue weighted by Crippen LogP contribution is -2.88. The highest BCUT2D eigenvalue weighted by Gasteiger charge is 2.67. The first-order chi connectivity index (χ1) is 31.8. The standard InChI is InChI=1S/C36H30O6SSi3.C18H15S.CH4/c37-43(38,39)30-26-28-36(29-27-30)46(35-24-14-5-15-25-35)41-44(31-16-6-1-7-17-31,32-18-8-2-9-19-32)40-45(42-46,33-20-10-3-11-21-33)34-22-12-4-13-23-34;1-4-10-16(11-5-1)19(17-12-6-2-7-13-17)18-14-8-3-9-15-18;/h1-29H,(H,37,38,39);1-15H;1H4/q;+1;/p-1. The highest BCUT2D eigenvalue weighted by molar-refractivity contribution is 7.97. The van der Waals surface area contributed by atoms with E-state index in [9.17, 15) is 13.0 Å². The molecule has 0 aromatic heterocycles. The molecule has 0 bridgehead atoms. The summed E-state index contributed by atoms with van der Waals surface area (Å²) < 4.78 is 59.1. The van der Waals surface area contributed by atoms with E-state index in [1.165, 1.54) is 26.8 Å². The summed E-state index contributed by atoms with van der Waals surface area (Å²) >= 11 is 0. The summed E-state index contributed by atoms with van der Waals surface area (Å²) in [6.07, 6.45) is 0. The Morgan fingerprint density at radius 1 is 0.303 bits per heavy atom. The quantitative estimate of drug-likeness (QED) is 0.0783. The van der Waals surface area contributed by atoms with Gasteiger partial charge in [0.2, 0.25) is 0 Å². The largest absolute Gasteiger partial charge is 0.744 e. The van der Waals surface area contributed by atoms with Crippen molar-refractivity contribution in [2.45, 2.75) is 27.0 Å². The first-order valence-corrected chi connectivity index (χ1v) is 29.2. The minimum absolute atomic E-state index is 0. The molecule has 1 heterocycles. The van der Waals surface area contributed by atoms with Gasteiger partial charge in [-0.05, 0) is 79.7 Å². The summed E-state index contributed by atoms with van der Waals surface area (Å²) in [6.45, 7) is 0. The zero-order valence-corrected chi connectivity index (χ0v) is 39.8. The molecule has 1 aliphatic heterocycles. The van der Waals surface area contributed by atoms with Gasteiger partial charge in [-0.1, -0.05) is 226 Å². The molecular weight excluding hydrogens is 905 g/mol. The maximum atomic E-state index is 12.0. The van der Waals surface area contributed by atoms with E-state index in [0.29, 0.717) is 5.19 Å². The monoisotopic (exact) mass is 952 g/mol. The fourth-order valence-corrected chi connectivity index (χ4v) is 27.6. The smallest absolute Gasteiger partial charge is 0.390 e. The molecule has 0 atom stereocenters. The van der Waals surface area contributed by atoms with Crippen LogP contribution in [-0.4, -0.2) is 38.7 Å². The zero-order valence-electron chi connectivity index (χ0n) is 35.2. The van der Waals surface area contributed by atoms with Crippen LogP contribution in [0, 0.1) is 0 Å². The molecule has 0 saturated carbocycles. The second-order valence-corrected chi connectivity index (χ2v) is 28.2. The van der Waals surface area contributed by atoms with Crippen LogP contribution in [0.15, 0.2) is 287 Å². The van der Waals surface area contributed by atoms with E-state index in [1.54, 1.807) is 12.1 Å². The molecule has 1 aliphatic rings. The van der Waals surface area contributed by atoms with Crippen LogP contribution in [0.2, 0.25) is 0 Å². The van der Waals surface area contributed by atoms with Crippen LogP contribution in [0.5, 0.6) is 0 Å². The van der Waals surface area contributed by atoms with E-state index in [-0.39, 0.29) is 23.2 Å². The van der Waals surface area contributed by atoms with Gasteiger partial charge in [0.25, 0.3) is 0 Å². The van der Waals surface area contributed by atoms with Crippen molar-refractivity contribution in [1.82, 2.24) is 0 Å². The van der Waals surface area contributed by atoms with E-state index >= 15 is 0 Å². The van der Waals surface area contributed by atoms with Crippen LogP contribution in [0.3, 0.4) is 0 Å². The van der Waals surface area contributed by atoms with Crippen molar-refractivity contribution in [3.05, 3.63) is 267 Å². The van der Waals surface area contributed by atoms with E-state index in [0.717, 1.165) is 25.9 Å². The van der Waals surface area contributed by atoms with Crippen LogP contribution >= 0.6 is 0 Å². The average molecular weight is 953 g/mol. The molecule has 10 rings (SSSR count). The molecule has 0 amide bonds. The van der Waals surface area contributed by atoms with Gasteiger partial charge in [-0.25, -0.2) is 8.42 Å². The summed E-state index contributed by atoms with van der Waals surface area (Å²) in [6, 6.07) is 88.2. The summed E-state index contributed by atoms with van der Waals surface area (Å²) in [5.41, 5.74) is 0. The minimum Gasteiger partial charge on any atom is -0.744 e. The molecule has 9 aromatic carbocycles. The lowest BCUT2D eigenvalue weighted by atomic mass is 10.4. The molecule has 0 radical (unpaired) electrons. The lowest BCUT2D eigenvalue weighted by Gasteiger charge is -2.53. The van der Waals surface area contributed by atoms with E-state index in [2.05, 4.69) is 140 Å². The normalized spacial score (nSPS) is 14.8. The van der Waals surface area contributed by atoms with Gasteiger partial charge < -0.3 is 16.9 Å². The van der Waals surface area contributed by atoms with Crippen molar-refractivity contribution >= 4 is 77.8 Å². The predicted molar refractivity (Wildman–Crippen MR) is 273 cm³/mol. The van der Waals surface area contributed by atoms with E-state index < -0.39 is 35.8 Å². The Kier molecular flexibility index (Phi) is 14.4. The van der Waals surface area contributed by atoms with Gasteiger partial charge in [0.15, 0.2) is 14.7 Å². The molecule has 1 saturated heterocycles. The van der Waals surface area contributed by atoms with Gasteiger partial charge in [-0.2, -0.15) is 0 Å². The lowest BCUT2D eigenvalue weighted by molar-refractivity contribution is 0.268. The number of hydrogen-bond donors (Lipinski definition) is 0. The Labute approximate surface area is 394 Å². The predicted octanol–water partition coefficient (Wildman–Crippen LogP) is 8.14. The molecule has 6 nitrogen and oxygen atoms in total. The first-order valence-electron chi connectivity index (χ1n) is 21.1. The molecule has 66 heavy (non-hydrogen) atoms. The molecule has 9 aromatic rings. The van der Waals surface area contributed by atoms with Crippen LogP contribution in [-0.2, 0) is 33.4 Å². The van der Waals surface area contributed by atoms with Gasteiger partial charge in [-0.3, -0.25) is 0 Å². The molecule has 1 fully saturated rings. The third-order valence-corrected chi connectivity index (χ3v) is 27.6. The molecule has 0 aliphatic carbocycles. The Morgan fingerprint density at radius 3 is 0.712 bits per heavy atom. The van der Waals surface area contributed by atoms with Crippen molar-refractivity contribution in [1.29, 1.82) is 0 Å². The molecular formula is C55H48O6S2Si3. The summed E-state index contributed by atoms with van der Waals surface area (Å²) in [7, 11) is -15.8. The van der Waals surface area contributed by atoms with Gasteiger partial charge in [0.1, 0.15) is 10.1 Å². The Bertz CT molecular complexity index is 2750. The van der Waals surface area contributed by atoms with Gasteiger partial charge in [0.05, 0.1) is 15.8 Å². The van der Waals surface area contributed by atoms with Crippen molar-refractivity contribution in [2.75, 3.05) is 0 Å². The second-order valence-electron chi connectivity index (χ2n) is 15.2. The number of benzene rings is 9. The van der Waals surface area contributed by atoms with Crippen LogP contribution in [0.1, 0.15) is 7.43 Å². The highest BCUT2D eigenvalue weighted by Crippen LogP contribution is 2.33. The maximum absolute atomic E-state index is 12.0. The fourth-order valence-electron chi connectivity index (χ4n) is 8.08. The molecule has 0 unspecified atom stereocenters. The van der Waals surface area contributed by atoms with Crippen LogP contribution in [0.4, 0.5) is 0 Å². The number of hydrogen-bond acceptors (Lipinski definition) is 6. The van der Waals surface area contributed by atoms with E-state index in [1.807, 2.05) is 103 Å².